The molecule has 20 heavy (non-hydrogen) atoms. The smallest absolute Gasteiger partial charge is 0.320 e. The van der Waals surface area contributed by atoms with Crippen LogP contribution in [0, 0.1) is 0 Å². The van der Waals surface area contributed by atoms with Gasteiger partial charge in [0, 0.05) is 5.69 Å². The molecule has 1 aliphatic rings. The van der Waals surface area contributed by atoms with Gasteiger partial charge in [-0.3, -0.25) is 14.5 Å². The third-order valence-electron chi connectivity index (χ3n) is 3.61. The van der Waals surface area contributed by atoms with E-state index in [1.165, 1.54) is 0 Å². The van der Waals surface area contributed by atoms with Crippen molar-refractivity contribution in [2.75, 3.05) is 18.4 Å². The summed E-state index contributed by atoms with van der Waals surface area (Å²) in [6.07, 6.45) is 2.36. The fraction of sp³-hybridized carbons (Fsp3) is 0.467. The van der Waals surface area contributed by atoms with Crippen molar-refractivity contribution in [3.63, 3.8) is 0 Å². The molecule has 0 aliphatic carbocycles. The number of carbonyl (C=O) groups is 2. The second-order valence-electron chi connectivity index (χ2n) is 5.07. The van der Waals surface area contributed by atoms with Crippen molar-refractivity contribution in [2.45, 2.75) is 32.2 Å². The van der Waals surface area contributed by atoms with Gasteiger partial charge in [0.25, 0.3) is 0 Å². The Morgan fingerprint density at radius 2 is 2.25 bits per heavy atom. The van der Waals surface area contributed by atoms with E-state index >= 15 is 0 Å². The molecule has 1 saturated heterocycles. The first-order chi connectivity index (χ1) is 9.60. The van der Waals surface area contributed by atoms with Crippen molar-refractivity contribution in [3.8, 4) is 0 Å². The van der Waals surface area contributed by atoms with Crippen LogP contribution in [0.1, 0.15) is 25.3 Å². The van der Waals surface area contributed by atoms with Gasteiger partial charge >= 0.3 is 5.97 Å². The van der Waals surface area contributed by atoms with Crippen molar-refractivity contribution in [1.29, 1.82) is 0 Å². The number of anilines is 1. The summed E-state index contributed by atoms with van der Waals surface area (Å²) in [5.41, 5.74) is 1.92. The molecule has 1 atom stereocenters. The summed E-state index contributed by atoms with van der Waals surface area (Å²) in [5.74, 6) is -1.00. The molecule has 0 spiro atoms. The van der Waals surface area contributed by atoms with Gasteiger partial charge in [-0.1, -0.05) is 19.1 Å². The number of aliphatic carboxylic acids is 1. The maximum absolute atomic E-state index is 12.0. The number of rotatable bonds is 5. The van der Waals surface area contributed by atoms with Gasteiger partial charge in [0.15, 0.2) is 0 Å². The molecule has 0 unspecified atom stereocenters. The summed E-state index contributed by atoms with van der Waals surface area (Å²) >= 11 is 0. The van der Waals surface area contributed by atoms with E-state index in [0.29, 0.717) is 13.0 Å². The normalized spacial score (nSPS) is 18.9. The number of nitrogens with zero attached hydrogens (tertiary/aromatic N) is 1. The van der Waals surface area contributed by atoms with Gasteiger partial charge < -0.3 is 10.4 Å². The van der Waals surface area contributed by atoms with E-state index in [2.05, 4.69) is 12.2 Å². The van der Waals surface area contributed by atoms with E-state index in [1.807, 2.05) is 24.3 Å². The molecule has 1 aliphatic heterocycles. The lowest BCUT2D eigenvalue weighted by atomic mass is 10.1. The Kier molecular flexibility index (Phi) is 4.74. The van der Waals surface area contributed by atoms with Crippen molar-refractivity contribution in [1.82, 2.24) is 4.90 Å². The molecule has 108 valence electrons. The number of hydrogen-bond acceptors (Lipinski definition) is 3. The fourth-order valence-corrected chi connectivity index (χ4v) is 2.55. The summed E-state index contributed by atoms with van der Waals surface area (Å²) in [6.45, 7) is 2.86. The molecular weight excluding hydrogens is 256 g/mol. The van der Waals surface area contributed by atoms with Crippen LogP contribution in [0.5, 0.6) is 0 Å². The standard InChI is InChI=1S/C15H20N2O3/c1-2-11-5-3-6-12(9-11)16-14(18)10-17-8-4-7-13(17)15(19)20/h3,5-6,9,13H,2,4,7-8,10H2,1H3,(H,16,18)(H,19,20)/t13-/m0/s1. The van der Waals surface area contributed by atoms with Gasteiger partial charge in [-0.05, 0) is 43.5 Å². The van der Waals surface area contributed by atoms with Gasteiger partial charge in [-0.25, -0.2) is 0 Å². The van der Waals surface area contributed by atoms with Crippen LogP contribution < -0.4 is 5.32 Å². The van der Waals surface area contributed by atoms with Gasteiger partial charge in [-0.2, -0.15) is 0 Å². The van der Waals surface area contributed by atoms with Crippen LogP contribution in [0.25, 0.3) is 0 Å². The predicted octanol–water partition coefficient (Wildman–Crippen LogP) is 1.74. The molecule has 2 rings (SSSR count). The van der Waals surface area contributed by atoms with Crippen LogP contribution in [-0.2, 0) is 16.0 Å². The maximum atomic E-state index is 12.0. The largest absolute Gasteiger partial charge is 0.480 e. The molecule has 1 aromatic rings. The molecule has 0 saturated carbocycles. The fourth-order valence-electron chi connectivity index (χ4n) is 2.55. The van der Waals surface area contributed by atoms with Crippen LogP contribution in [0.4, 0.5) is 5.69 Å². The van der Waals surface area contributed by atoms with Crippen LogP contribution in [-0.4, -0.2) is 41.0 Å². The number of likely N-dealkylation sites (tertiary alicyclic amines) is 1. The van der Waals surface area contributed by atoms with Crippen LogP contribution in [0.2, 0.25) is 0 Å². The number of benzene rings is 1. The molecule has 1 aromatic carbocycles. The van der Waals surface area contributed by atoms with Gasteiger partial charge in [-0.15, -0.1) is 0 Å². The topological polar surface area (TPSA) is 69.6 Å². The molecule has 0 aromatic heterocycles. The average molecular weight is 276 g/mol. The molecule has 1 fully saturated rings. The third kappa shape index (κ3) is 3.57. The first kappa shape index (κ1) is 14.5. The number of nitrogens with one attached hydrogen (secondary N) is 1. The minimum Gasteiger partial charge on any atom is -0.480 e. The van der Waals surface area contributed by atoms with Crippen molar-refractivity contribution >= 4 is 17.6 Å². The third-order valence-corrected chi connectivity index (χ3v) is 3.61. The van der Waals surface area contributed by atoms with Gasteiger partial charge in [0.05, 0.1) is 6.54 Å². The first-order valence-corrected chi connectivity index (χ1v) is 6.96. The lowest BCUT2D eigenvalue weighted by Crippen LogP contribution is -2.40. The average Bonchev–Trinajstić information content (AvgIpc) is 2.87. The molecule has 1 heterocycles. The SMILES string of the molecule is CCc1cccc(NC(=O)CN2CCC[C@H]2C(=O)O)c1. The highest BCUT2D eigenvalue weighted by Crippen LogP contribution is 2.17. The summed E-state index contributed by atoms with van der Waals surface area (Å²) in [5, 5.41) is 11.9. The number of carbonyl (C=O) groups excluding carboxylic acids is 1. The number of aryl methyl sites for hydroxylation is 1. The van der Waals surface area contributed by atoms with E-state index in [1.54, 1.807) is 4.90 Å². The maximum Gasteiger partial charge on any atom is 0.320 e. The molecule has 0 radical (unpaired) electrons. The van der Waals surface area contributed by atoms with Crippen LogP contribution in [0.3, 0.4) is 0 Å². The van der Waals surface area contributed by atoms with Crippen LogP contribution in [0.15, 0.2) is 24.3 Å². The summed E-state index contributed by atoms with van der Waals surface area (Å²) in [6, 6.07) is 7.18. The van der Waals surface area contributed by atoms with Crippen LogP contribution >= 0.6 is 0 Å². The Morgan fingerprint density at radius 1 is 1.45 bits per heavy atom. The van der Waals surface area contributed by atoms with Crippen molar-refractivity contribution in [3.05, 3.63) is 29.8 Å². The van der Waals surface area contributed by atoms with E-state index in [-0.39, 0.29) is 12.5 Å². The van der Waals surface area contributed by atoms with Crippen molar-refractivity contribution in [2.24, 2.45) is 0 Å². The highest BCUT2D eigenvalue weighted by atomic mass is 16.4. The molecule has 1 amide bonds. The van der Waals surface area contributed by atoms with Crippen molar-refractivity contribution < 1.29 is 14.7 Å². The lowest BCUT2D eigenvalue weighted by Gasteiger charge is -2.20. The second-order valence-corrected chi connectivity index (χ2v) is 5.07. The first-order valence-electron chi connectivity index (χ1n) is 6.96. The lowest BCUT2D eigenvalue weighted by molar-refractivity contribution is -0.142. The zero-order valence-electron chi connectivity index (χ0n) is 11.6. The Balaban J connectivity index is 1.93. The zero-order chi connectivity index (χ0) is 14.5. The Hall–Kier alpha value is -1.88. The minimum absolute atomic E-state index is 0.132. The molecule has 5 heteroatoms. The van der Waals surface area contributed by atoms with Gasteiger partial charge in [0.1, 0.15) is 6.04 Å². The molecule has 5 nitrogen and oxygen atoms in total. The van der Waals surface area contributed by atoms with E-state index < -0.39 is 12.0 Å². The second kappa shape index (κ2) is 6.52. The number of carboxylic acids is 1. The minimum atomic E-state index is -0.844. The van der Waals surface area contributed by atoms with Gasteiger partial charge in [0.2, 0.25) is 5.91 Å². The molecule has 0 bridgehead atoms. The monoisotopic (exact) mass is 276 g/mol. The summed E-state index contributed by atoms with van der Waals surface area (Å²) < 4.78 is 0. The number of carboxylic acid groups (broad SMARTS) is 1. The Bertz CT molecular complexity index is 502. The van der Waals surface area contributed by atoms with E-state index in [4.69, 9.17) is 5.11 Å². The predicted molar refractivity (Wildman–Crippen MR) is 76.7 cm³/mol. The Labute approximate surface area is 118 Å². The zero-order valence-corrected chi connectivity index (χ0v) is 11.6. The van der Waals surface area contributed by atoms with E-state index in [9.17, 15) is 9.59 Å². The summed E-state index contributed by atoms with van der Waals surface area (Å²) in [7, 11) is 0. The number of amides is 1. The molecule has 2 N–H and O–H groups in total. The number of hydrogen-bond donors (Lipinski definition) is 2. The van der Waals surface area contributed by atoms with E-state index in [0.717, 1.165) is 24.1 Å². The Morgan fingerprint density at radius 3 is 2.95 bits per heavy atom. The molecular formula is C15H20N2O3. The highest BCUT2D eigenvalue weighted by molar-refractivity contribution is 5.92. The quantitative estimate of drug-likeness (QED) is 0.859. The highest BCUT2D eigenvalue weighted by Gasteiger charge is 2.31. The summed E-state index contributed by atoms with van der Waals surface area (Å²) in [4.78, 5) is 24.8.